The van der Waals surface area contributed by atoms with Gasteiger partial charge in [-0.2, -0.15) is 0 Å². The lowest BCUT2D eigenvalue weighted by Crippen LogP contribution is -2.42. The Morgan fingerprint density at radius 1 is 1.39 bits per heavy atom. The first kappa shape index (κ1) is 14.0. The molecule has 1 aromatic rings. The zero-order valence-corrected chi connectivity index (χ0v) is 12.8. The van der Waals surface area contributed by atoms with Gasteiger partial charge in [0, 0.05) is 29.5 Å². The second kappa shape index (κ2) is 5.68. The molecular weight excluding hydrogens is 290 g/mol. The molecule has 0 amide bonds. The van der Waals surface area contributed by atoms with Gasteiger partial charge >= 0.3 is 0 Å². The van der Waals surface area contributed by atoms with Gasteiger partial charge in [-0.15, -0.1) is 0 Å². The largest absolute Gasteiger partial charge is 0.329 e. The molecule has 2 rings (SSSR count). The zero-order valence-electron chi connectivity index (χ0n) is 11.2. The predicted molar refractivity (Wildman–Crippen MR) is 78.3 cm³/mol. The Morgan fingerprint density at radius 2 is 2.06 bits per heavy atom. The summed E-state index contributed by atoms with van der Waals surface area (Å²) < 4.78 is 1.02. The van der Waals surface area contributed by atoms with E-state index in [1.54, 1.807) is 0 Å². The molecule has 1 aliphatic heterocycles. The molecule has 0 aliphatic carbocycles. The third-order valence-corrected chi connectivity index (χ3v) is 4.36. The van der Waals surface area contributed by atoms with E-state index in [1.807, 2.05) is 12.4 Å². The highest BCUT2D eigenvalue weighted by Crippen LogP contribution is 2.33. The van der Waals surface area contributed by atoms with E-state index in [4.69, 9.17) is 5.73 Å². The summed E-state index contributed by atoms with van der Waals surface area (Å²) in [4.78, 5) is 6.74. The van der Waals surface area contributed by atoms with E-state index in [-0.39, 0.29) is 0 Å². The average Bonchev–Trinajstić information content (AvgIpc) is 2.32. The van der Waals surface area contributed by atoms with Gasteiger partial charge in [0.25, 0.3) is 0 Å². The van der Waals surface area contributed by atoms with Gasteiger partial charge < -0.3 is 5.73 Å². The minimum Gasteiger partial charge on any atom is -0.329 e. The Morgan fingerprint density at radius 3 is 2.61 bits per heavy atom. The van der Waals surface area contributed by atoms with Crippen molar-refractivity contribution in [3.8, 4) is 0 Å². The number of nitrogens with two attached hydrogens (primary N) is 1. The van der Waals surface area contributed by atoms with Crippen molar-refractivity contribution in [3.05, 3.63) is 28.5 Å². The quantitative estimate of drug-likeness (QED) is 0.933. The lowest BCUT2D eigenvalue weighted by molar-refractivity contribution is 0.0962. The molecule has 1 unspecified atom stereocenters. The summed E-state index contributed by atoms with van der Waals surface area (Å²) in [6.07, 6.45) is 6.23. The number of hydrogen-bond donors (Lipinski definition) is 1. The van der Waals surface area contributed by atoms with Crippen LogP contribution >= 0.6 is 15.9 Å². The van der Waals surface area contributed by atoms with E-state index in [0.717, 1.165) is 17.6 Å². The van der Waals surface area contributed by atoms with Crippen LogP contribution in [-0.2, 0) is 0 Å². The lowest BCUT2D eigenvalue weighted by Gasteiger charge is -2.40. The fourth-order valence-corrected chi connectivity index (χ4v) is 2.93. The van der Waals surface area contributed by atoms with Crippen molar-refractivity contribution < 1.29 is 0 Å². The number of rotatable bonds is 3. The Balaban J connectivity index is 2.10. The Kier molecular flexibility index (Phi) is 4.41. The van der Waals surface area contributed by atoms with Crippen LogP contribution in [0.2, 0.25) is 0 Å². The van der Waals surface area contributed by atoms with Gasteiger partial charge in [0.05, 0.1) is 0 Å². The molecule has 18 heavy (non-hydrogen) atoms. The SMILES string of the molecule is CC1(C)CCN(C(CN)c2cncc(Br)c2)CC1. The van der Waals surface area contributed by atoms with Gasteiger partial charge in [-0.05, 0) is 58.9 Å². The lowest BCUT2D eigenvalue weighted by atomic mass is 9.82. The highest BCUT2D eigenvalue weighted by atomic mass is 79.9. The highest BCUT2D eigenvalue weighted by molar-refractivity contribution is 9.10. The van der Waals surface area contributed by atoms with Crippen LogP contribution in [0, 0.1) is 5.41 Å². The number of hydrogen-bond acceptors (Lipinski definition) is 3. The van der Waals surface area contributed by atoms with Crippen LogP contribution in [0.4, 0.5) is 0 Å². The van der Waals surface area contributed by atoms with Crippen LogP contribution in [0.1, 0.15) is 38.3 Å². The first-order chi connectivity index (χ1) is 8.52. The van der Waals surface area contributed by atoms with Crippen molar-refractivity contribution in [1.82, 2.24) is 9.88 Å². The van der Waals surface area contributed by atoms with E-state index >= 15 is 0 Å². The first-order valence-corrected chi connectivity index (χ1v) is 7.36. The second-order valence-electron chi connectivity index (χ2n) is 5.89. The highest BCUT2D eigenvalue weighted by Gasteiger charge is 2.29. The van der Waals surface area contributed by atoms with E-state index in [1.165, 1.54) is 18.4 Å². The Hall–Kier alpha value is -0.450. The molecular formula is C14H22BrN3. The fraction of sp³-hybridized carbons (Fsp3) is 0.643. The molecule has 2 heterocycles. The third-order valence-electron chi connectivity index (χ3n) is 3.93. The monoisotopic (exact) mass is 311 g/mol. The predicted octanol–water partition coefficient (Wildman–Crippen LogP) is 2.97. The summed E-state index contributed by atoms with van der Waals surface area (Å²) in [7, 11) is 0. The molecule has 1 saturated heterocycles. The third kappa shape index (κ3) is 3.31. The maximum absolute atomic E-state index is 5.97. The maximum Gasteiger partial charge on any atom is 0.0486 e. The standard InChI is InChI=1S/C14H22BrN3/c1-14(2)3-5-18(6-4-14)13(8-16)11-7-12(15)10-17-9-11/h7,9-10,13H,3-6,8,16H2,1-2H3. The van der Waals surface area contributed by atoms with Crippen molar-refractivity contribution in [1.29, 1.82) is 0 Å². The number of aromatic nitrogens is 1. The molecule has 0 spiro atoms. The second-order valence-corrected chi connectivity index (χ2v) is 6.80. The smallest absolute Gasteiger partial charge is 0.0486 e. The molecule has 0 radical (unpaired) electrons. The van der Waals surface area contributed by atoms with Gasteiger partial charge in [0.15, 0.2) is 0 Å². The fourth-order valence-electron chi connectivity index (χ4n) is 2.55. The molecule has 3 nitrogen and oxygen atoms in total. The summed E-state index contributed by atoms with van der Waals surface area (Å²) >= 11 is 3.48. The summed E-state index contributed by atoms with van der Waals surface area (Å²) in [5.41, 5.74) is 7.66. The molecule has 0 aromatic carbocycles. The Bertz CT molecular complexity index is 396. The van der Waals surface area contributed by atoms with Crippen LogP contribution in [0.25, 0.3) is 0 Å². The van der Waals surface area contributed by atoms with Gasteiger partial charge in [-0.1, -0.05) is 13.8 Å². The van der Waals surface area contributed by atoms with Crippen molar-refractivity contribution in [2.24, 2.45) is 11.1 Å². The molecule has 0 bridgehead atoms. The molecule has 1 fully saturated rings. The summed E-state index contributed by atoms with van der Waals surface area (Å²) in [6.45, 7) is 7.60. The molecule has 100 valence electrons. The van der Waals surface area contributed by atoms with Crippen LogP contribution in [0.15, 0.2) is 22.9 Å². The minimum atomic E-state index is 0.297. The van der Waals surface area contributed by atoms with E-state index in [9.17, 15) is 0 Å². The molecule has 4 heteroatoms. The van der Waals surface area contributed by atoms with Crippen LogP contribution in [-0.4, -0.2) is 29.5 Å². The number of halogens is 1. The first-order valence-electron chi connectivity index (χ1n) is 6.56. The number of likely N-dealkylation sites (tertiary alicyclic amines) is 1. The van der Waals surface area contributed by atoms with E-state index < -0.39 is 0 Å². The van der Waals surface area contributed by atoms with Crippen molar-refractivity contribution in [2.45, 2.75) is 32.7 Å². The summed E-state index contributed by atoms with van der Waals surface area (Å²) in [5, 5.41) is 0. The topological polar surface area (TPSA) is 42.1 Å². The van der Waals surface area contributed by atoms with E-state index in [2.05, 4.69) is 45.7 Å². The van der Waals surface area contributed by atoms with Gasteiger partial charge in [0.1, 0.15) is 0 Å². The van der Waals surface area contributed by atoms with Gasteiger partial charge in [-0.3, -0.25) is 9.88 Å². The van der Waals surface area contributed by atoms with Crippen molar-refractivity contribution in [2.75, 3.05) is 19.6 Å². The molecule has 1 atom stereocenters. The van der Waals surface area contributed by atoms with Crippen molar-refractivity contribution >= 4 is 15.9 Å². The molecule has 1 aromatic heterocycles. The maximum atomic E-state index is 5.97. The van der Waals surface area contributed by atoms with Crippen LogP contribution in [0.5, 0.6) is 0 Å². The summed E-state index contributed by atoms with van der Waals surface area (Å²) in [5.74, 6) is 0. The number of nitrogens with zero attached hydrogens (tertiary/aromatic N) is 2. The van der Waals surface area contributed by atoms with Crippen LogP contribution in [0.3, 0.4) is 0 Å². The molecule has 1 aliphatic rings. The summed E-state index contributed by atoms with van der Waals surface area (Å²) in [6, 6.07) is 2.43. The molecule has 2 N–H and O–H groups in total. The van der Waals surface area contributed by atoms with E-state index in [0.29, 0.717) is 18.0 Å². The molecule has 0 saturated carbocycles. The average molecular weight is 312 g/mol. The Labute approximate surface area is 118 Å². The number of pyridine rings is 1. The van der Waals surface area contributed by atoms with Gasteiger partial charge in [0.2, 0.25) is 0 Å². The normalized spacial score (nSPS) is 21.8. The van der Waals surface area contributed by atoms with Gasteiger partial charge in [-0.25, -0.2) is 0 Å². The zero-order chi connectivity index (χ0) is 13.2. The number of piperidine rings is 1. The van der Waals surface area contributed by atoms with Crippen molar-refractivity contribution in [3.63, 3.8) is 0 Å². The van der Waals surface area contributed by atoms with Crippen LogP contribution < -0.4 is 5.73 Å². The minimum absolute atomic E-state index is 0.297.